The molecule has 256 valence electrons. The number of rotatable bonds is 5. The number of hydrogen-bond acceptors (Lipinski definition) is 3. The second-order valence-corrected chi connectivity index (χ2v) is 15.2. The summed E-state index contributed by atoms with van der Waals surface area (Å²) in [5.74, 6) is 0.705. The van der Waals surface area contributed by atoms with Crippen LogP contribution in [-0.4, -0.2) is 9.97 Å². The van der Waals surface area contributed by atoms with Crippen LogP contribution >= 0.6 is 11.3 Å². The number of benzene rings is 9. The zero-order chi connectivity index (χ0) is 36.3. The van der Waals surface area contributed by atoms with Gasteiger partial charge in [-0.15, -0.1) is 11.3 Å². The first-order valence-electron chi connectivity index (χ1n) is 18.6. The Morgan fingerprint density at radius 3 is 1.78 bits per heavy atom. The van der Waals surface area contributed by atoms with Gasteiger partial charge in [0.25, 0.3) is 0 Å². The van der Waals surface area contributed by atoms with Crippen LogP contribution < -0.4 is 0 Å². The van der Waals surface area contributed by atoms with E-state index in [1.54, 1.807) is 0 Å². The van der Waals surface area contributed by atoms with Crippen LogP contribution in [0.25, 0.3) is 109 Å². The average Bonchev–Trinajstić information content (AvgIpc) is 3.65. The third-order valence-corrected chi connectivity index (χ3v) is 12.0. The quantitative estimate of drug-likeness (QED) is 0.131. The summed E-state index contributed by atoms with van der Waals surface area (Å²) in [5, 5.41) is 10.0. The van der Waals surface area contributed by atoms with E-state index >= 15 is 0 Å². The van der Waals surface area contributed by atoms with E-state index in [2.05, 4.69) is 194 Å². The molecule has 2 heterocycles. The van der Waals surface area contributed by atoms with Crippen molar-refractivity contribution in [1.29, 1.82) is 0 Å². The molecule has 0 atom stereocenters. The molecule has 0 bridgehead atoms. The lowest BCUT2D eigenvalue weighted by Gasteiger charge is -2.15. The summed E-state index contributed by atoms with van der Waals surface area (Å²) >= 11 is 1.83. The largest absolute Gasteiger partial charge is 0.228 e. The maximum Gasteiger partial charge on any atom is 0.160 e. The van der Waals surface area contributed by atoms with Gasteiger partial charge >= 0.3 is 0 Å². The highest BCUT2D eigenvalue weighted by molar-refractivity contribution is 7.25. The molecule has 3 heteroatoms. The van der Waals surface area contributed by atoms with Gasteiger partial charge in [-0.3, -0.25) is 0 Å². The Labute approximate surface area is 322 Å². The molecule has 2 aromatic heterocycles. The Kier molecular flexibility index (Phi) is 7.39. The normalized spacial score (nSPS) is 11.6. The zero-order valence-corrected chi connectivity index (χ0v) is 30.6. The zero-order valence-electron chi connectivity index (χ0n) is 29.8. The third-order valence-electron chi connectivity index (χ3n) is 10.9. The number of nitrogens with zero attached hydrogens (tertiary/aromatic N) is 2. The first-order valence-corrected chi connectivity index (χ1v) is 19.5. The van der Waals surface area contributed by atoms with Crippen LogP contribution in [-0.2, 0) is 0 Å². The third kappa shape index (κ3) is 5.40. The predicted molar refractivity (Wildman–Crippen MR) is 235 cm³/mol. The van der Waals surface area contributed by atoms with Crippen molar-refractivity contribution in [3.8, 4) is 56.2 Å². The van der Waals surface area contributed by atoms with Crippen molar-refractivity contribution in [1.82, 2.24) is 9.97 Å². The van der Waals surface area contributed by atoms with Crippen LogP contribution in [0, 0.1) is 0 Å². The average molecular weight is 717 g/mol. The standard InChI is InChI=1S/C52H32N2S/c1-2-11-33(12-3-1)34-21-23-36(24-22-34)46-32-47(43-18-10-20-49-51(43)44-17-8-9-19-48(44)55-49)54-52(53-46)38-27-25-37(26-28-38)50-41-16-7-5-14-39(41)31-45-40-15-6-4-13-35(40)29-30-42(45)50/h1-32H. The van der Waals surface area contributed by atoms with E-state index in [9.17, 15) is 0 Å². The minimum atomic E-state index is 0.705. The van der Waals surface area contributed by atoms with Gasteiger partial charge in [-0.05, 0) is 78.8 Å². The van der Waals surface area contributed by atoms with E-state index in [0.717, 1.165) is 28.1 Å². The Bertz CT molecular complexity index is 3230. The molecular formula is C52H32N2S. The summed E-state index contributed by atoms with van der Waals surface area (Å²) in [4.78, 5) is 10.6. The van der Waals surface area contributed by atoms with Crippen molar-refractivity contribution >= 4 is 63.8 Å². The number of hydrogen-bond donors (Lipinski definition) is 0. The molecule has 0 saturated heterocycles. The number of fused-ring (bicyclic) bond motifs is 7. The topological polar surface area (TPSA) is 25.8 Å². The van der Waals surface area contributed by atoms with E-state index in [1.807, 2.05) is 11.3 Å². The molecule has 2 nitrogen and oxygen atoms in total. The van der Waals surface area contributed by atoms with Gasteiger partial charge in [-0.25, -0.2) is 9.97 Å². The monoisotopic (exact) mass is 716 g/mol. The molecule has 55 heavy (non-hydrogen) atoms. The van der Waals surface area contributed by atoms with Crippen molar-refractivity contribution < 1.29 is 0 Å². The van der Waals surface area contributed by atoms with Crippen molar-refractivity contribution in [2.24, 2.45) is 0 Å². The van der Waals surface area contributed by atoms with Gasteiger partial charge in [0, 0.05) is 36.9 Å². The van der Waals surface area contributed by atoms with Crippen LogP contribution in [0.5, 0.6) is 0 Å². The van der Waals surface area contributed by atoms with Crippen molar-refractivity contribution in [2.45, 2.75) is 0 Å². The van der Waals surface area contributed by atoms with Gasteiger partial charge in [-0.2, -0.15) is 0 Å². The molecular weight excluding hydrogens is 685 g/mol. The predicted octanol–water partition coefficient (Wildman–Crippen LogP) is 14.6. The molecule has 0 saturated carbocycles. The van der Waals surface area contributed by atoms with Crippen LogP contribution in [0.4, 0.5) is 0 Å². The van der Waals surface area contributed by atoms with E-state index < -0.39 is 0 Å². The molecule has 0 radical (unpaired) electrons. The summed E-state index contributed by atoms with van der Waals surface area (Å²) in [7, 11) is 0. The van der Waals surface area contributed by atoms with E-state index in [-0.39, 0.29) is 0 Å². The summed E-state index contributed by atoms with van der Waals surface area (Å²) in [6, 6.07) is 69.7. The fourth-order valence-electron chi connectivity index (χ4n) is 8.23. The highest BCUT2D eigenvalue weighted by Gasteiger charge is 2.17. The second-order valence-electron chi connectivity index (χ2n) is 14.1. The van der Waals surface area contributed by atoms with Gasteiger partial charge in [0.1, 0.15) is 0 Å². The highest BCUT2D eigenvalue weighted by Crippen LogP contribution is 2.42. The van der Waals surface area contributed by atoms with E-state index in [0.29, 0.717) is 5.82 Å². The van der Waals surface area contributed by atoms with Gasteiger partial charge in [0.15, 0.2) is 5.82 Å². The maximum atomic E-state index is 5.33. The fourth-order valence-corrected chi connectivity index (χ4v) is 9.36. The molecule has 11 rings (SSSR count). The van der Waals surface area contributed by atoms with E-state index in [1.165, 1.54) is 74.7 Å². The lowest BCUT2D eigenvalue weighted by atomic mass is 9.89. The smallest absolute Gasteiger partial charge is 0.160 e. The summed E-state index contributed by atoms with van der Waals surface area (Å²) in [6.45, 7) is 0. The van der Waals surface area contributed by atoms with Crippen molar-refractivity contribution in [3.05, 3.63) is 194 Å². The molecule has 0 aliphatic carbocycles. The van der Waals surface area contributed by atoms with Crippen LogP contribution in [0.15, 0.2) is 194 Å². The molecule has 0 aliphatic rings. The second kappa shape index (κ2) is 12.9. The van der Waals surface area contributed by atoms with Gasteiger partial charge in [0.2, 0.25) is 0 Å². The van der Waals surface area contributed by atoms with Crippen molar-refractivity contribution in [3.63, 3.8) is 0 Å². The first kappa shape index (κ1) is 31.6. The number of aromatic nitrogens is 2. The minimum Gasteiger partial charge on any atom is -0.228 e. The fraction of sp³-hybridized carbons (Fsp3) is 0. The Morgan fingerprint density at radius 1 is 0.327 bits per heavy atom. The van der Waals surface area contributed by atoms with Gasteiger partial charge in [0.05, 0.1) is 11.4 Å². The van der Waals surface area contributed by atoms with Crippen LogP contribution in [0.2, 0.25) is 0 Å². The van der Waals surface area contributed by atoms with Crippen LogP contribution in [0.1, 0.15) is 0 Å². The highest BCUT2D eigenvalue weighted by atomic mass is 32.1. The lowest BCUT2D eigenvalue weighted by Crippen LogP contribution is -1.96. The minimum absolute atomic E-state index is 0.705. The maximum absolute atomic E-state index is 5.33. The molecule has 0 aliphatic heterocycles. The molecule has 11 aromatic rings. The molecule has 0 spiro atoms. The summed E-state index contributed by atoms with van der Waals surface area (Å²) in [5.41, 5.74) is 9.75. The number of thiophene rings is 1. The molecule has 0 fully saturated rings. The molecule has 9 aromatic carbocycles. The molecule has 0 amide bonds. The Morgan fingerprint density at radius 2 is 0.945 bits per heavy atom. The molecule has 0 N–H and O–H groups in total. The Hall–Kier alpha value is -6.94. The lowest BCUT2D eigenvalue weighted by molar-refractivity contribution is 1.19. The summed E-state index contributed by atoms with van der Waals surface area (Å²) < 4.78 is 2.53. The van der Waals surface area contributed by atoms with E-state index in [4.69, 9.17) is 9.97 Å². The van der Waals surface area contributed by atoms with Crippen molar-refractivity contribution in [2.75, 3.05) is 0 Å². The Balaban J connectivity index is 1.08. The SMILES string of the molecule is c1ccc(-c2ccc(-c3cc(-c4cccc5sc6ccccc6c45)nc(-c4ccc(-c5c6ccccc6cc6c5ccc5ccccc56)cc4)n3)cc2)cc1. The molecule has 0 unspecified atom stereocenters. The van der Waals surface area contributed by atoms with Gasteiger partial charge in [-0.1, -0.05) is 170 Å². The summed E-state index contributed by atoms with van der Waals surface area (Å²) in [6.07, 6.45) is 0. The van der Waals surface area contributed by atoms with Crippen LogP contribution in [0.3, 0.4) is 0 Å². The van der Waals surface area contributed by atoms with Gasteiger partial charge < -0.3 is 0 Å². The first-order chi connectivity index (χ1) is 27.2.